The van der Waals surface area contributed by atoms with Crippen molar-refractivity contribution in [1.29, 1.82) is 0 Å². The third-order valence-corrected chi connectivity index (χ3v) is 3.58. The Morgan fingerprint density at radius 1 is 1.33 bits per heavy atom. The van der Waals surface area contributed by atoms with Crippen LogP contribution in [0.5, 0.6) is 0 Å². The van der Waals surface area contributed by atoms with Gasteiger partial charge >= 0.3 is 5.97 Å². The van der Waals surface area contributed by atoms with Crippen molar-refractivity contribution in [1.82, 2.24) is 5.32 Å². The molecule has 0 aliphatic heterocycles. The zero-order valence-electron chi connectivity index (χ0n) is 12.1. The van der Waals surface area contributed by atoms with Crippen molar-refractivity contribution in [2.45, 2.75) is 32.6 Å². The van der Waals surface area contributed by atoms with Crippen molar-refractivity contribution in [3.05, 3.63) is 28.8 Å². The lowest BCUT2D eigenvalue weighted by molar-refractivity contribution is -0.137. The molecule has 0 saturated heterocycles. The van der Waals surface area contributed by atoms with Crippen molar-refractivity contribution in [3.63, 3.8) is 0 Å². The van der Waals surface area contributed by atoms with Crippen LogP contribution in [0.3, 0.4) is 0 Å². The fourth-order valence-corrected chi connectivity index (χ4v) is 2.36. The standard InChI is InChI=1S/C15H21ClN2O3/c1-2-10(3-4-14(19)20)5-6-18-15(21)11-7-12(16)9-13(17)8-11/h7-10H,2-6,17H2,1H3,(H,18,21)(H,19,20). The topological polar surface area (TPSA) is 92.4 Å². The van der Waals surface area contributed by atoms with Crippen LogP contribution in [0.15, 0.2) is 18.2 Å². The molecule has 0 saturated carbocycles. The van der Waals surface area contributed by atoms with Gasteiger partial charge in [0, 0.05) is 29.2 Å². The number of hydrogen-bond donors (Lipinski definition) is 3. The summed E-state index contributed by atoms with van der Waals surface area (Å²) in [6.07, 6.45) is 2.45. The van der Waals surface area contributed by atoms with E-state index in [1.54, 1.807) is 18.2 Å². The van der Waals surface area contributed by atoms with Gasteiger partial charge in [-0.3, -0.25) is 9.59 Å². The van der Waals surface area contributed by atoms with E-state index in [9.17, 15) is 9.59 Å². The van der Waals surface area contributed by atoms with Crippen LogP contribution in [0.4, 0.5) is 5.69 Å². The van der Waals surface area contributed by atoms with Crippen molar-refractivity contribution >= 4 is 29.2 Å². The van der Waals surface area contributed by atoms with E-state index in [0.29, 0.717) is 35.2 Å². The number of carboxylic acid groups (broad SMARTS) is 1. The Bertz CT molecular complexity index is 485. The van der Waals surface area contributed by atoms with E-state index in [2.05, 4.69) is 5.32 Å². The summed E-state index contributed by atoms with van der Waals surface area (Å²) in [6.45, 7) is 2.52. The van der Waals surface area contributed by atoms with Crippen LogP contribution < -0.4 is 11.1 Å². The zero-order valence-corrected chi connectivity index (χ0v) is 12.8. The second-order valence-electron chi connectivity index (χ2n) is 5.02. The minimum Gasteiger partial charge on any atom is -0.481 e. The number of carbonyl (C=O) groups excluding carboxylic acids is 1. The average Bonchev–Trinajstić information content (AvgIpc) is 2.41. The van der Waals surface area contributed by atoms with Crippen LogP contribution in [0, 0.1) is 5.92 Å². The highest BCUT2D eigenvalue weighted by molar-refractivity contribution is 6.31. The Kier molecular flexibility index (Phi) is 7.02. The van der Waals surface area contributed by atoms with Crippen LogP contribution in [0.2, 0.25) is 5.02 Å². The Hall–Kier alpha value is -1.75. The van der Waals surface area contributed by atoms with Crippen LogP contribution >= 0.6 is 11.6 Å². The molecule has 21 heavy (non-hydrogen) atoms. The second-order valence-corrected chi connectivity index (χ2v) is 5.46. The minimum atomic E-state index is -0.785. The molecule has 0 aliphatic rings. The first-order chi connectivity index (χ1) is 9.92. The molecule has 1 amide bonds. The SMILES string of the molecule is CCC(CCNC(=O)c1cc(N)cc(Cl)c1)CCC(=O)O. The molecule has 0 aromatic heterocycles. The van der Waals surface area contributed by atoms with E-state index in [1.165, 1.54) is 0 Å². The highest BCUT2D eigenvalue weighted by Crippen LogP contribution is 2.17. The number of benzene rings is 1. The number of nitrogens with two attached hydrogens (primary N) is 1. The molecule has 6 heteroatoms. The number of anilines is 1. The molecule has 1 rings (SSSR count). The van der Waals surface area contributed by atoms with E-state index in [0.717, 1.165) is 12.8 Å². The van der Waals surface area contributed by atoms with Crippen LogP contribution in [0.25, 0.3) is 0 Å². The summed E-state index contributed by atoms with van der Waals surface area (Å²) >= 11 is 5.86. The Morgan fingerprint density at radius 2 is 2.05 bits per heavy atom. The number of carbonyl (C=O) groups is 2. The third-order valence-electron chi connectivity index (χ3n) is 3.36. The lowest BCUT2D eigenvalue weighted by Gasteiger charge is -2.14. The van der Waals surface area contributed by atoms with Crippen molar-refractivity contribution in [2.75, 3.05) is 12.3 Å². The quantitative estimate of drug-likeness (QED) is 0.643. The molecule has 4 N–H and O–H groups in total. The summed E-state index contributed by atoms with van der Waals surface area (Å²) < 4.78 is 0. The molecule has 0 aliphatic carbocycles. The normalized spacial score (nSPS) is 11.9. The van der Waals surface area contributed by atoms with Gasteiger partial charge in [0.1, 0.15) is 0 Å². The van der Waals surface area contributed by atoms with E-state index in [1.807, 2.05) is 6.92 Å². The fraction of sp³-hybridized carbons (Fsp3) is 0.467. The van der Waals surface area contributed by atoms with Gasteiger partial charge in [0.2, 0.25) is 0 Å². The molecule has 116 valence electrons. The molecule has 0 radical (unpaired) electrons. The van der Waals surface area contributed by atoms with Gasteiger partial charge in [0.15, 0.2) is 0 Å². The second kappa shape index (κ2) is 8.52. The fourth-order valence-electron chi connectivity index (χ4n) is 2.12. The summed E-state index contributed by atoms with van der Waals surface area (Å²) in [7, 11) is 0. The molecule has 0 heterocycles. The molecular weight excluding hydrogens is 292 g/mol. The van der Waals surface area contributed by atoms with Crippen LogP contribution in [-0.4, -0.2) is 23.5 Å². The lowest BCUT2D eigenvalue weighted by atomic mass is 9.96. The van der Waals surface area contributed by atoms with Crippen molar-refractivity contribution < 1.29 is 14.7 Å². The largest absolute Gasteiger partial charge is 0.481 e. The van der Waals surface area contributed by atoms with Gasteiger partial charge in [-0.1, -0.05) is 24.9 Å². The molecule has 1 aromatic rings. The summed E-state index contributed by atoms with van der Waals surface area (Å²) in [5.41, 5.74) is 6.52. The minimum absolute atomic E-state index is 0.164. The number of rotatable bonds is 8. The summed E-state index contributed by atoms with van der Waals surface area (Å²) in [5, 5.41) is 11.9. The summed E-state index contributed by atoms with van der Waals surface area (Å²) in [6, 6.07) is 4.72. The van der Waals surface area contributed by atoms with Gasteiger partial charge in [-0.15, -0.1) is 0 Å². The van der Waals surface area contributed by atoms with E-state index in [4.69, 9.17) is 22.4 Å². The third kappa shape index (κ3) is 6.49. The van der Waals surface area contributed by atoms with Gasteiger partial charge in [-0.2, -0.15) is 0 Å². The Labute approximate surface area is 129 Å². The van der Waals surface area contributed by atoms with Gasteiger partial charge in [0.25, 0.3) is 5.91 Å². The van der Waals surface area contributed by atoms with Crippen molar-refractivity contribution in [2.24, 2.45) is 5.92 Å². The van der Waals surface area contributed by atoms with Crippen LogP contribution in [0.1, 0.15) is 43.0 Å². The number of hydrogen-bond acceptors (Lipinski definition) is 3. The molecule has 1 aromatic carbocycles. The van der Waals surface area contributed by atoms with Gasteiger partial charge < -0.3 is 16.2 Å². The molecule has 5 nitrogen and oxygen atoms in total. The number of halogens is 1. The molecule has 1 unspecified atom stereocenters. The highest BCUT2D eigenvalue weighted by atomic mass is 35.5. The number of amides is 1. The van der Waals surface area contributed by atoms with E-state index >= 15 is 0 Å². The van der Waals surface area contributed by atoms with Gasteiger partial charge in [-0.05, 0) is 37.0 Å². The smallest absolute Gasteiger partial charge is 0.303 e. The van der Waals surface area contributed by atoms with Gasteiger partial charge in [0.05, 0.1) is 0 Å². The van der Waals surface area contributed by atoms with E-state index < -0.39 is 5.97 Å². The highest BCUT2D eigenvalue weighted by Gasteiger charge is 2.11. The predicted molar refractivity (Wildman–Crippen MR) is 83.5 cm³/mol. The Balaban J connectivity index is 2.43. The molecule has 0 bridgehead atoms. The maximum atomic E-state index is 12.0. The first-order valence-corrected chi connectivity index (χ1v) is 7.36. The zero-order chi connectivity index (χ0) is 15.8. The molecule has 0 fully saturated rings. The monoisotopic (exact) mass is 312 g/mol. The molecule has 1 atom stereocenters. The molecule has 0 spiro atoms. The number of carboxylic acids is 1. The lowest BCUT2D eigenvalue weighted by Crippen LogP contribution is -2.26. The number of nitrogens with one attached hydrogen (secondary N) is 1. The summed E-state index contributed by atoms with van der Waals surface area (Å²) in [4.78, 5) is 22.5. The predicted octanol–water partition coefficient (Wildman–Crippen LogP) is 2.93. The first kappa shape index (κ1) is 17.3. The van der Waals surface area contributed by atoms with Gasteiger partial charge in [-0.25, -0.2) is 0 Å². The summed E-state index contributed by atoms with van der Waals surface area (Å²) in [5.74, 6) is -0.713. The van der Waals surface area contributed by atoms with E-state index in [-0.39, 0.29) is 12.3 Å². The number of aliphatic carboxylic acids is 1. The maximum absolute atomic E-state index is 12.0. The maximum Gasteiger partial charge on any atom is 0.303 e. The van der Waals surface area contributed by atoms with Crippen molar-refractivity contribution in [3.8, 4) is 0 Å². The molecular formula is C15H21ClN2O3. The number of nitrogen functional groups attached to an aromatic ring is 1. The van der Waals surface area contributed by atoms with Crippen LogP contribution in [-0.2, 0) is 4.79 Å². The first-order valence-electron chi connectivity index (χ1n) is 6.98. The average molecular weight is 313 g/mol. The Morgan fingerprint density at radius 3 is 2.62 bits per heavy atom.